The lowest BCUT2D eigenvalue weighted by atomic mass is 9.96. The van der Waals surface area contributed by atoms with Gasteiger partial charge in [0.1, 0.15) is 0 Å². The van der Waals surface area contributed by atoms with Crippen molar-refractivity contribution in [2.75, 3.05) is 18.4 Å². The van der Waals surface area contributed by atoms with Crippen LogP contribution in [0.4, 0.5) is 14.6 Å². The lowest BCUT2D eigenvalue weighted by Crippen LogP contribution is -2.40. The minimum atomic E-state index is -0.972. The molecule has 0 unspecified atom stereocenters. The Hall–Kier alpha value is -2.77. The average molecular weight is 348 g/mol. The summed E-state index contributed by atoms with van der Waals surface area (Å²) in [6.45, 7) is 2.61. The Morgan fingerprint density at radius 2 is 2.00 bits per heavy atom. The van der Waals surface area contributed by atoms with E-state index in [1.165, 1.54) is 25.1 Å². The van der Waals surface area contributed by atoms with Crippen LogP contribution in [0, 0.1) is 17.6 Å². The molecule has 3 rings (SSSR count). The van der Waals surface area contributed by atoms with Gasteiger partial charge in [-0.1, -0.05) is 6.07 Å². The van der Waals surface area contributed by atoms with Gasteiger partial charge in [0, 0.05) is 37.6 Å². The molecule has 0 bridgehead atoms. The highest BCUT2D eigenvalue weighted by molar-refractivity contribution is 5.92. The van der Waals surface area contributed by atoms with Crippen LogP contribution >= 0.6 is 0 Å². The second-order valence-corrected chi connectivity index (χ2v) is 6.04. The molecule has 1 aromatic carbocycles. The largest absolute Gasteiger partial charge is 0.343 e. The predicted octanol–water partition coefficient (Wildman–Crippen LogP) is 2.55. The van der Waals surface area contributed by atoms with Crippen LogP contribution in [0.1, 0.15) is 19.8 Å². The highest BCUT2D eigenvalue weighted by Crippen LogP contribution is 2.25. The summed E-state index contributed by atoms with van der Waals surface area (Å²) in [6, 6.07) is 5.32. The number of nitrogens with zero attached hydrogens (tertiary/aromatic N) is 2. The van der Waals surface area contributed by atoms with Crippen molar-refractivity contribution in [3.63, 3.8) is 0 Å². The summed E-state index contributed by atoms with van der Waals surface area (Å²) in [7, 11) is 0. The molecule has 132 valence electrons. The molecular formula is C17H18F2N4O2. The minimum Gasteiger partial charge on any atom is -0.343 e. The first-order chi connectivity index (χ1) is 12.0. The number of carbonyl (C=O) groups is 2. The summed E-state index contributed by atoms with van der Waals surface area (Å²) in [4.78, 5) is 25.3. The first-order valence-electron chi connectivity index (χ1n) is 8.02. The highest BCUT2D eigenvalue weighted by Gasteiger charge is 2.26. The van der Waals surface area contributed by atoms with Crippen LogP contribution in [0.25, 0.3) is 11.3 Å². The van der Waals surface area contributed by atoms with Crippen LogP contribution in [0.15, 0.2) is 24.3 Å². The van der Waals surface area contributed by atoms with Crippen LogP contribution in [0.3, 0.4) is 0 Å². The Morgan fingerprint density at radius 3 is 2.68 bits per heavy atom. The third kappa shape index (κ3) is 3.67. The number of rotatable bonds is 3. The van der Waals surface area contributed by atoms with Gasteiger partial charge in [0.15, 0.2) is 17.5 Å². The van der Waals surface area contributed by atoms with Gasteiger partial charge in [-0.3, -0.25) is 14.7 Å². The minimum absolute atomic E-state index is 0.00733. The van der Waals surface area contributed by atoms with Crippen molar-refractivity contribution < 1.29 is 18.4 Å². The van der Waals surface area contributed by atoms with Gasteiger partial charge in [-0.05, 0) is 25.0 Å². The van der Waals surface area contributed by atoms with E-state index in [-0.39, 0.29) is 34.8 Å². The Kier molecular flexibility index (Phi) is 4.78. The normalized spacial score (nSPS) is 15.2. The molecule has 8 heteroatoms. The molecule has 1 aliphatic heterocycles. The molecular weight excluding hydrogens is 330 g/mol. The molecule has 0 aliphatic carbocycles. The average Bonchev–Trinajstić information content (AvgIpc) is 3.05. The molecule has 1 aliphatic rings. The van der Waals surface area contributed by atoms with Crippen LogP contribution in [-0.2, 0) is 9.59 Å². The number of benzene rings is 1. The fourth-order valence-electron chi connectivity index (χ4n) is 2.92. The highest BCUT2D eigenvalue weighted by atomic mass is 19.2. The number of likely N-dealkylation sites (tertiary alicyclic amines) is 1. The molecule has 6 nitrogen and oxygen atoms in total. The second kappa shape index (κ2) is 7.00. The van der Waals surface area contributed by atoms with Gasteiger partial charge in [0.05, 0.1) is 5.69 Å². The lowest BCUT2D eigenvalue weighted by molar-refractivity contribution is -0.132. The lowest BCUT2D eigenvalue weighted by Gasteiger charge is -2.30. The SMILES string of the molecule is CC(=O)N1CCC(C(=O)Nc2cc(-c3cccc(F)c3F)[nH]n2)CC1. The van der Waals surface area contributed by atoms with Crippen molar-refractivity contribution in [3.05, 3.63) is 35.9 Å². The van der Waals surface area contributed by atoms with Gasteiger partial charge in [-0.15, -0.1) is 0 Å². The maximum absolute atomic E-state index is 13.8. The number of piperidine rings is 1. The van der Waals surface area contributed by atoms with Crippen LogP contribution < -0.4 is 5.32 Å². The number of aromatic amines is 1. The van der Waals surface area contributed by atoms with Crippen molar-refractivity contribution in [2.24, 2.45) is 5.92 Å². The van der Waals surface area contributed by atoms with E-state index in [1.807, 2.05) is 0 Å². The van der Waals surface area contributed by atoms with Crippen molar-refractivity contribution in [2.45, 2.75) is 19.8 Å². The molecule has 25 heavy (non-hydrogen) atoms. The molecule has 1 fully saturated rings. The standard InChI is InChI=1S/C17H18F2N4O2/c1-10(24)23-7-5-11(6-8-23)17(25)20-15-9-14(21-22-15)12-3-2-4-13(18)16(12)19/h2-4,9,11H,5-8H2,1H3,(H2,20,21,22,25). The van der Waals surface area contributed by atoms with Crippen molar-refractivity contribution in [1.29, 1.82) is 0 Å². The van der Waals surface area contributed by atoms with Gasteiger partial charge in [-0.2, -0.15) is 5.10 Å². The number of carbonyl (C=O) groups excluding carboxylic acids is 2. The summed E-state index contributed by atoms with van der Waals surface area (Å²) < 4.78 is 27.1. The number of aromatic nitrogens is 2. The number of halogens is 2. The fourth-order valence-corrected chi connectivity index (χ4v) is 2.92. The molecule has 2 amide bonds. The zero-order valence-corrected chi connectivity index (χ0v) is 13.7. The van der Waals surface area contributed by atoms with Crippen molar-refractivity contribution in [3.8, 4) is 11.3 Å². The fraction of sp³-hybridized carbons (Fsp3) is 0.353. The summed E-state index contributed by atoms with van der Waals surface area (Å²) in [5.74, 6) is -2.07. The van der Waals surface area contributed by atoms with E-state index in [0.717, 1.165) is 6.07 Å². The number of nitrogens with one attached hydrogen (secondary N) is 2. The van der Waals surface area contributed by atoms with E-state index in [2.05, 4.69) is 15.5 Å². The van der Waals surface area contributed by atoms with Gasteiger partial charge in [-0.25, -0.2) is 8.78 Å². The molecule has 0 saturated carbocycles. The second-order valence-electron chi connectivity index (χ2n) is 6.04. The van der Waals surface area contributed by atoms with Crippen molar-refractivity contribution >= 4 is 17.6 Å². The Labute approximate surface area is 143 Å². The summed E-state index contributed by atoms with van der Waals surface area (Å²) in [6.07, 6.45) is 1.17. The summed E-state index contributed by atoms with van der Waals surface area (Å²) in [5.41, 5.74) is 0.321. The summed E-state index contributed by atoms with van der Waals surface area (Å²) in [5, 5.41) is 9.21. The van der Waals surface area contributed by atoms with E-state index in [4.69, 9.17) is 0 Å². The Morgan fingerprint density at radius 1 is 1.28 bits per heavy atom. The summed E-state index contributed by atoms with van der Waals surface area (Å²) >= 11 is 0. The van der Waals surface area contributed by atoms with E-state index in [9.17, 15) is 18.4 Å². The first-order valence-corrected chi connectivity index (χ1v) is 8.02. The van der Waals surface area contributed by atoms with E-state index in [0.29, 0.717) is 25.9 Å². The Balaban J connectivity index is 1.65. The van der Waals surface area contributed by atoms with Crippen LogP contribution in [-0.4, -0.2) is 40.0 Å². The van der Waals surface area contributed by atoms with E-state index in [1.54, 1.807) is 4.90 Å². The predicted molar refractivity (Wildman–Crippen MR) is 87.5 cm³/mol. The number of hydrogen-bond acceptors (Lipinski definition) is 3. The number of amides is 2. The van der Waals surface area contributed by atoms with E-state index >= 15 is 0 Å². The molecule has 2 N–H and O–H groups in total. The molecule has 1 aromatic heterocycles. The number of hydrogen-bond donors (Lipinski definition) is 2. The quantitative estimate of drug-likeness (QED) is 0.895. The molecule has 0 spiro atoms. The Bertz CT molecular complexity index is 798. The van der Waals surface area contributed by atoms with Crippen LogP contribution in [0.2, 0.25) is 0 Å². The third-order valence-corrected chi connectivity index (χ3v) is 4.38. The molecule has 0 atom stereocenters. The third-order valence-electron chi connectivity index (χ3n) is 4.38. The van der Waals surface area contributed by atoms with E-state index < -0.39 is 11.6 Å². The molecule has 2 heterocycles. The zero-order valence-electron chi connectivity index (χ0n) is 13.7. The van der Waals surface area contributed by atoms with Gasteiger partial charge in [0.25, 0.3) is 0 Å². The molecule has 1 saturated heterocycles. The number of anilines is 1. The van der Waals surface area contributed by atoms with Gasteiger partial charge >= 0.3 is 0 Å². The topological polar surface area (TPSA) is 78.1 Å². The maximum Gasteiger partial charge on any atom is 0.228 e. The monoisotopic (exact) mass is 348 g/mol. The number of H-pyrrole nitrogens is 1. The van der Waals surface area contributed by atoms with Crippen LogP contribution in [0.5, 0.6) is 0 Å². The van der Waals surface area contributed by atoms with Gasteiger partial charge < -0.3 is 10.2 Å². The zero-order chi connectivity index (χ0) is 18.0. The maximum atomic E-state index is 13.8. The smallest absolute Gasteiger partial charge is 0.228 e. The molecule has 0 radical (unpaired) electrons. The van der Waals surface area contributed by atoms with Gasteiger partial charge in [0.2, 0.25) is 11.8 Å². The first kappa shape index (κ1) is 17.1. The van der Waals surface area contributed by atoms with Crippen molar-refractivity contribution in [1.82, 2.24) is 15.1 Å². The molecule has 2 aromatic rings.